The summed E-state index contributed by atoms with van der Waals surface area (Å²) in [5.74, 6) is -2.61. The van der Waals surface area contributed by atoms with Crippen LogP contribution < -0.4 is 10.3 Å². The van der Waals surface area contributed by atoms with E-state index in [0.29, 0.717) is 5.69 Å². The maximum absolute atomic E-state index is 12.7. The lowest BCUT2D eigenvalue weighted by atomic mass is 9.86. The summed E-state index contributed by atoms with van der Waals surface area (Å²) in [5.41, 5.74) is 2.71. The molecular formula is C15H15N3O4. The van der Waals surface area contributed by atoms with Gasteiger partial charge in [0.2, 0.25) is 5.91 Å². The lowest BCUT2D eigenvalue weighted by molar-refractivity contribution is -0.133. The molecule has 0 spiro atoms. The van der Waals surface area contributed by atoms with Crippen LogP contribution in [-0.4, -0.2) is 36.1 Å². The fraction of sp³-hybridized carbons (Fsp3) is 0.333. The number of benzene rings is 1. The first kappa shape index (κ1) is 14.2. The smallest absolute Gasteiger partial charge is 0.355 e. The number of hydrogen-bond acceptors (Lipinski definition) is 6. The van der Waals surface area contributed by atoms with Gasteiger partial charge in [-0.15, -0.1) is 0 Å². The number of ether oxygens (including phenoxy) is 1. The maximum Gasteiger partial charge on any atom is 0.355 e. The van der Waals surface area contributed by atoms with Crippen LogP contribution in [0.1, 0.15) is 12.5 Å². The van der Waals surface area contributed by atoms with Crippen molar-refractivity contribution in [2.24, 2.45) is 11.0 Å². The highest BCUT2D eigenvalue weighted by Crippen LogP contribution is 2.38. The summed E-state index contributed by atoms with van der Waals surface area (Å²) in [6.45, 7) is 3.43. The molecule has 1 aromatic carbocycles. The minimum absolute atomic E-state index is 0.0708. The molecule has 7 heteroatoms. The Morgan fingerprint density at radius 1 is 1.41 bits per heavy atom. The summed E-state index contributed by atoms with van der Waals surface area (Å²) in [5, 5.41) is 3.83. The van der Waals surface area contributed by atoms with E-state index in [4.69, 9.17) is 0 Å². The normalized spacial score (nSPS) is 26.6. The minimum atomic E-state index is -1.26. The number of imide groups is 1. The molecule has 2 heterocycles. The number of carbonyl (C=O) groups is 3. The predicted octanol–water partition coefficient (Wildman–Crippen LogP) is 0.375. The van der Waals surface area contributed by atoms with Crippen LogP contribution in [0.5, 0.6) is 0 Å². The average molecular weight is 301 g/mol. The largest absolute Gasteiger partial charge is 0.464 e. The Labute approximate surface area is 126 Å². The second kappa shape index (κ2) is 4.66. The number of fused-ring (bicyclic) bond motifs is 1. The zero-order valence-electron chi connectivity index (χ0n) is 12.4. The Balaban J connectivity index is 2.05. The Morgan fingerprint density at radius 3 is 2.77 bits per heavy atom. The molecule has 0 unspecified atom stereocenters. The number of nitrogens with zero attached hydrogens (tertiary/aromatic N) is 2. The molecule has 2 aliphatic rings. The van der Waals surface area contributed by atoms with Crippen LogP contribution in [0.15, 0.2) is 29.4 Å². The highest BCUT2D eigenvalue weighted by Gasteiger charge is 2.63. The molecule has 1 N–H and O–H groups in total. The van der Waals surface area contributed by atoms with Crippen LogP contribution in [0.4, 0.5) is 5.69 Å². The molecule has 1 fully saturated rings. The number of rotatable bonds is 2. The molecule has 3 rings (SSSR count). The van der Waals surface area contributed by atoms with Crippen molar-refractivity contribution in [2.75, 3.05) is 12.0 Å². The third-order valence-corrected chi connectivity index (χ3v) is 4.03. The topological polar surface area (TPSA) is 88.1 Å². The van der Waals surface area contributed by atoms with Crippen LogP contribution >= 0.6 is 0 Å². The van der Waals surface area contributed by atoms with Gasteiger partial charge in [-0.25, -0.2) is 9.69 Å². The zero-order valence-corrected chi connectivity index (χ0v) is 12.4. The molecule has 0 radical (unpaired) electrons. The summed E-state index contributed by atoms with van der Waals surface area (Å²) in [7, 11) is 1.21. The highest BCUT2D eigenvalue weighted by atomic mass is 16.5. The number of anilines is 1. The summed E-state index contributed by atoms with van der Waals surface area (Å²) >= 11 is 0. The second-order valence-electron chi connectivity index (χ2n) is 5.55. The number of methoxy groups -OCH3 is 1. The SMILES string of the molecule is COC(=O)C1=NN[C@]2(C)C(=O)N(c3cccc(C)c3)C(=O)[C@H]12. The van der Waals surface area contributed by atoms with E-state index in [1.165, 1.54) is 7.11 Å². The summed E-state index contributed by atoms with van der Waals surface area (Å²) < 4.78 is 4.64. The quantitative estimate of drug-likeness (QED) is 0.630. The van der Waals surface area contributed by atoms with Gasteiger partial charge >= 0.3 is 5.97 Å². The van der Waals surface area contributed by atoms with Gasteiger partial charge in [-0.05, 0) is 31.5 Å². The average Bonchev–Trinajstić information content (AvgIpc) is 2.93. The van der Waals surface area contributed by atoms with Gasteiger partial charge in [0.25, 0.3) is 5.91 Å². The summed E-state index contributed by atoms with van der Waals surface area (Å²) in [4.78, 5) is 38.3. The van der Waals surface area contributed by atoms with Crippen LogP contribution in [0.25, 0.3) is 0 Å². The van der Waals surface area contributed by atoms with Crippen molar-refractivity contribution in [3.8, 4) is 0 Å². The Kier molecular flexibility index (Phi) is 3.01. The maximum atomic E-state index is 12.7. The Hall–Kier alpha value is -2.70. The number of carbonyl (C=O) groups excluding carboxylic acids is 3. The number of esters is 1. The van der Waals surface area contributed by atoms with E-state index in [1.54, 1.807) is 25.1 Å². The first-order chi connectivity index (χ1) is 10.4. The molecule has 2 atom stereocenters. The fourth-order valence-corrected chi connectivity index (χ4v) is 2.86. The van der Waals surface area contributed by atoms with Crippen LogP contribution in [0.3, 0.4) is 0 Å². The standard InChI is InChI=1S/C15H15N3O4/c1-8-5-4-6-9(7-8)18-12(19)10-11(13(20)22-3)16-17-15(10,2)14(18)21/h4-7,10,17H,1-3H3/t10-,15-/m0/s1. The monoisotopic (exact) mass is 301 g/mol. The van der Waals surface area contributed by atoms with Gasteiger partial charge in [0.1, 0.15) is 11.5 Å². The predicted molar refractivity (Wildman–Crippen MR) is 78.2 cm³/mol. The van der Waals surface area contributed by atoms with E-state index >= 15 is 0 Å². The number of amides is 2. The third kappa shape index (κ3) is 1.75. The van der Waals surface area contributed by atoms with E-state index in [-0.39, 0.29) is 5.71 Å². The minimum Gasteiger partial charge on any atom is -0.464 e. The van der Waals surface area contributed by atoms with Gasteiger partial charge in [-0.2, -0.15) is 5.10 Å². The van der Waals surface area contributed by atoms with Gasteiger partial charge in [0.05, 0.1) is 12.8 Å². The van der Waals surface area contributed by atoms with Crippen LogP contribution in [0.2, 0.25) is 0 Å². The van der Waals surface area contributed by atoms with Crippen molar-refractivity contribution in [2.45, 2.75) is 19.4 Å². The fourth-order valence-electron chi connectivity index (χ4n) is 2.86. The number of hydrogen-bond donors (Lipinski definition) is 1. The van der Waals surface area contributed by atoms with E-state index < -0.39 is 29.2 Å². The molecule has 2 aliphatic heterocycles. The zero-order chi connectivity index (χ0) is 16.1. The molecule has 7 nitrogen and oxygen atoms in total. The lowest BCUT2D eigenvalue weighted by Gasteiger charge is -2.20. The highest BCUT2D eigenvalue weighted by molar-refractivity contribution is 6.47. The van der Waals surface area contributed by atoms with E-state index in [0.717, 1.165) is 10.5 Å². The second-order valence-corrected chi connectivity index (χ2v) is 5.55. The molecule has 1 saturated heterocycles. The first-order valence-electron chi connectivity index (χ1n) is 6.78. The third-order valence-electron chi connectivity index (χ3n) is 4.03. The van der Waals surface area contributed by atoms with E-state index in [2.05, 4.69) is 15.3 Å². The summed E-state index contributed by atoms with van der Waals surface area (Å²) in [6, 6.07) is 7.07. The van der Waals surface area contributed by atoms with Gasteiger partial charge in [0.15, 0.2) is 5.71 Å². The van der Waals surface area contributed by atoms with Gasteiger partial charge in [0, 0.05) is 0 Å². The van der Waals surface area contributed by atoms with Crippen molar-refractivity contribution in [3.05, 3.63) is 29.8 Å². The van der Waals surface area contributed by atoms with E-state index in [9.17, 15) is 14.4 Å². The van der Waals surface area contributed by atoms with Gasteiger partial charge in [-0.1, -0.05) is 12.1 Å². The molecule has 0 saturated carbocycles. The van der Waals surface area contributed by atoms with Crippen molar-refractivity contribution < 1.29 is 19.1 Å². The van der Waals surface area contributed by atoms with Crippen molar-refractivity contribution in [3.63, 3.8) is 0 Å². The molecule has 0 aromatic heterocycles. The van der Waals surface area contributed by atoms with E-state index in [1.807, 2.05) is 13.0 Å². The van der Waals surface area contributed by atoms with Crippen LogP contribution in [0, 0.1) is 12.8 Å². The first-order valence-corrected chi connectivity index (χ1v) is 6.78. The molecule has 1 aromatic rings. The number of hydrazone groups is 1. The number of aryl methyl sites for hydroxylation is 1. The number of nitrogens with one attached hydrogen (secondary N) is 1. The Morgan fingerprint density at radius 2 is 2.14 bits per heavy atom. The molecule has 114 valence electrons. The Bertz CT molecular complexity index is 727. The van der Waals surface area contributed by atoms with Crippen molar-refractivity contribution >= 4 is 29.2 Å². The lowest BCUT2D eigenvalue weighted by Crippen LogP contribution is -2.48. The molecule has 0 bridgehead atoms. The van der Waals surface area contributed by atoms with Crippen LogP contribution in [-0.2, 0) is 19.1 Å². The molecular weight excluding hydrogens is 286 g/mol. The van der Waals surface area contributed by atoms with Gasteiger partial charge < -0.3 is 4.74 Å². The summed E-state index contributed by atoms with van der Waals surface area (Å²) in [6.07, 6.45) is 0. The molecule has 22 heavy (non-hydrogen) atoms. The molecule has 0 aliphatic carbocycles. The van der Waals surface area contributed by atoms with Crippen molar-refractivity contribution in [1.82, 2.24) is 5.43 Å². The van der Waals surface area contributed by atoms with Gasteiger partial charge in [-0.3, -0.25) is 15.0 Å². The van der Waals surface area contributed by atoms with Crippen molar-refractivity contribution in [1.29, 1.82) is 0 Å². The molecule has 2 amide bonds.